The summed E-state index contributed by atoms with van der Waals surface area (Å²) in [7, 11) is -0.307. The Bertz CT molecular complexity index is 344. The standard InChI is InChI=1S/C9H16N2O5S/c1-5(4-7(12)13)17(16)6(2)8(14)11-9(15)10-3/h5-6H,4H2,1-3H3,(H,12,13)(H2,10,11,14,15). The van der Waals surface area contributed by atoms with Gasteiger partial charge in [-0.25, -0.2) is 4.79 Å². The maximum Gasteiger partial charge on any atom is 0.321 e. The van der Waals surface area contributed by atoms with E-state index < -0.39 is 39.2 Å². The lowest BCUT2D eigenvalue weighted by atomic mass is 10.3. The fourth-order valence-corrected chi connectivity index (χ4v) is 2.33. The summed E-state index contributed by atoms with van der Waals surface area (Å²) in [6.45, 7) is 2.86. The van der Waals surface area contributed by atoms with E-state index in [4.69, 9.17) is 5.11 Å². The molecule has 0 spiro atoms. The predicted molar refractivity (Wildman–Crippen MR) is 61.9 cm³/mol. The Hall–Kier alpha value is -1.44. The van der Waals surface area contributed by atoms with Gasteiger partial charge >= 0.3 is 12.0 Å². The second-order valence-electron chi connectivity index (χ2n) is 3.45. The largest absolute Gasteiger partial charge is 0.481 e. The third kappa shape index (κ3) is 5.43. The maximum absolute atomic E-state index is 11.7. The highest BCUT2D eigenvalue weighted by Gasteiger charge is 2.26. The topological polar surface area (TPSA) is 113 Å². The van der Waals surface area contributed by atoms with Crippen molar-refractivity contribution in [3.05, 3.63) is 0 Å². The van der Waals surface area contributed by atoms with Gasteiger partial charge in [-0.1, -0.05) is 6.92 Å². The molecule has 3 unspecified atom stereocenters. The van der Waals surface area contributed by atoms with Gasteiger partial charge in [-0.15, -0.1) is 0 Å². The van der Waals surface area contributed by atoms with E-state index in [1.165, 1.54) is 20.9 Å². The SMILES string of the molecule is CNC(=O)NC(=O)C(C)S(=O)C(C)CC(=O)O. The smallest absolute Gasteiger partial charge is 0.321 e. The normalized spacial score (nSPS) is 15.5. The number of carbonyl (C=O) groups is 3. The molecule has 0 aliphatic rings. The van der Waals surface area contributed by atoms with Gasteiger partial charge in [0.1, 0.15) is 5.25 Å². The first-order valence-corrected chi connectivity index (χ1v) is 6.21. The highest BCUT2D eigenvalue weighted by atomic mass is 32.2. The first-order valence-electron chi connectivity index (χ1n) is 4.93. The van der Waals surface area contributed by atoms with Gasteiger partial charge < -0.3 is 10.4 Å². The van der Waals surface area contributed by atoms with Crippen LogP contribution in [0.15, 0.2) is 0 Å². The Morgan fingerprint density at radius 1 is 1.29 bits per heavy atom. The van der Waals surface area contributed by atoms with Gasteiger partial charge in [0, 0.05) is 23.1 Å². The highest BCUT2D eigenvalue weighted by molar-refractivity contribution is 7.87. The van der Waals surface area contributed by atoms with E-state index in [2.05, 4.69) is 5.32 Å². The molecular formula is C9H16N2O5S. The van der Waals surface area contributed by atoms with E-state index in [1.54, 1.807) is 0 Å². The Balaban J connectivity index is 4.43. The van der Waals surface area contributed by atoms with Gasteiger partial charge in [0.15, 0.2) is 0 Å². The molecular weight excluding hydrogens is 248 g/mol. The lowest BCUT2D eigenvalue weighted by Crippen LogP contribution is -2.44. The molecule has 0 aromatic heterocycles. The van der Waals surface area contributed by atoms with E-state index in [0.29, 0.717) is 0 Å². The van der Waals surface area contributed by atoms with Crippen LogP contribution in [0.25, 0.3) is 0 Å². The van der Waals surface area contributed by atoms with Crippen molar-refractivity contribution in [1.29, 1.82) is 0 Å². The lowest BCUT2D eigenvalue weighted by Gasteiger charge is -2.15. The van der Waals surface area contributed by atoms with Crippen LogP contribution in [0.4, 0.5) is 4.79 Å². The fourth-order valence-electron chi connectivity index (χ4n) is 1.06. The first-order chi connectivity index (χ1) is 7.79. The zero-order valence-electron chi connectivity index (χ0n) is 9.85. The van der Waals surface area contributed by atoms with E-state index in [1.807, 2.05) is 5.32 Å². The monoisotopic (exact) mass is 264 g/mol. The van der Waals surface area contributed by atoms with Gasteiger partial charge in [-0.2, -0.15) is 0 Å². The molecule has 7 nitrogen and oxygen atoms in total. The number of nitrogens with one attached hydrogen (secondary N) is 2. The lowest BCUT2D eigenvalue weighted by molar-refractivity contribution is -0.137. The van der Waals surface area contributed by atoms with Gasteiger partial charge in [0.2, 0.25) is 5.91 Å². The Morgan fingerprint density at radius 3 is 2.24 bits per heavy atom. The van der Waals surface area contributed by atoms with Crippen LogP contribution in [0.2, 0.25) is 0 Å². The molecule has 17 heavy (non-hydrogen) atoms. The molecule has 0 aromatic carbocycles. The van der Waals surface area contributed by atoms with E-state index >= 15 is 0 Å². The van der Waals surface area contributed by atoms with Crippen molar-refractivity contribution in [2.24, 2.45) is 0 Å². The molecule has 0 bridgehead atoms. The number of urea groups is 1. The van der Waals surface area contributed by atoms with Crippen LogP contribution < -0.4 is 10.6 Å². The second-order valence-corrected chi connectivity index (χ2v) is 5.62. The zero-order valence-corrected chi connectivity index (χ0v) is 10.7. The van der Waals surface area contributed by atoms with Crippen LogP contribution in [-0.2, 0) is 20.4 Å². The second kappa shape index (κ2) is 7.00. The minimum absolute atomic E-state index is 0.287. The van der Waals surface area contributed by atoms with Crippen molar-refractivity contribution in [3.8, 4) is 0 Å². The Kier molecular flexibility index (Phi) is 6.40. The number of aliphatic carboxylic acids is 1. The molecule has 3 N–H and O–H groups in total. The average Bonchev–Trinajstić information content (AvgIpc) is 2.25. The predicted octanol–water partition coefficient (Wildman–Crippen LogP) is -0.558. The molecule has 0 aromatic rings. The third-order valence-corrected chi connectivity index (χ3v) is 3.91. The number of carboxylic acid groups (broad SMARTS) is 1. The van der Waals surface area contributed by atoms with E-state index in [-0.39, 0.29) is 6.42 Å². The van der Waals surface area contributed by atoms with Crippen molar-refractivity contribution in [2.45, 2.75) is 30.8 Å². The molecule has 3 amide bonds. The Morgan fingerprint density at radius 2 is 1.82 bits per heavy atom. The number of amides is 3. The van der Waals surface area contributed by atoms with Crippen molar-refractivity contribution in [1.82, 2.24) is 10.6 Å². The van der Waals surface area contributed by atoms with E-state index in [9.17, 15) is 18.6 Å². The Labute approximate surface area is 101 Å². The quantitative estimate of drug-likeness (QED) is 0.616. The minimum Gasteiger partial charge on any atom is -0.481 e. The molecule has 0 fully saturated rings. The highest BCUT2D eigenvalue weighted by Crippen LogP contribution is 2.08. The third-order valence-electron chi connectivity index (χ3n) is 2.04. The van der Waals surface area contributed by atoms with Gasteiger partial charge in [0.25, 0.3) is 0 Å². The summed E-state index contributed by atoms with van der Waals surface area (Å²) in [6.07, 6.45) is -0.287. The van der Waals surface area contributed by atoms with Crippen LogP contribution in [0, 0.1) is 0 Å². The first kappa shape index (κ1) is 15.6. The maximum atomic E-state index is 11.7. The fraction of sp³-hybridized carbons (Fsp3) is 0.667. The summed E-state index contributed by atoms with van der Waals surface area (Å²) in [5, 5.41) is 11.1. The number of rotatable bonds is 5. The molecule has 0 radical (unpaired) electrons. The minimum atomic E-state index is -1.65. The van der Waals surface area contributed by atoms with Gasteiger partial charge in [-0.3, -0.25) is 19.1 Å². The number of hydrogen-bond donors (Lipinski definition) is 3. The van der Waals surface area contributed by atoms with Crippen molar-refractivity contribution < 1.29 is 23.7 Å². The summed E-state index contributed by atoms with van der Waals surface area (Å²) in [5.41, 5.74) is 0. The van der Waals surface area contributed by atoms with Crippen LogP contribution in [-0.4, -0.2) is 44.8 Å². The summed E-state index contributed by atoms with van der Waals surface area (Å²) in [5.74, 6) is -1.77. The van der Waals surface area contributed by atoms with Crippen molar-refractivity contribution in [2.75, 3.05) is 7.05 Å². The van der Waals surface area contributed by atoms with E-state index in [0.717, 1.165) is 0 Å². The number of carbonyl (C=O) groups excluding carboxylic acids is 2. The zero-order chi connectivity index (χ0) is 13.6. The van der Waals surface area contributed by atoms with Crippen LogP contribution in [0.5, 0.6) is 0 Å². The van der Waals surface area contributed by atoms with Crippen molar-refractivity contribution in [3.63, 3.8) is 0 Å². The number of hydrogen-bond acceptors (Lipinski definition) is 4. The number of imide groups is 1. The molecule has 3 atom stereocenters. The molecule has 0 saturated carbocycles. The molecule has 0 heterocycles. The molecule has 98 valence electrons. The molecule has 0 rings (SSSR count). The van der Waals surface area contributed by atoms with Crippen molar-refractivity contribution >= 4 is 28.7 Å². The number of carboxylic acids is 1. The summed E-state index contributed by atoms with van der Waals surface area (Å²) in [6, 6.07) is -0.690. The van der Waals surface area contributed by atoms with Crippen LogP contribution in [0.3, 0.4) is 0 Å². The summed E-state index contributed by atoms with van der Waals surface area (Å²) < 4.78 is 11.7. The van der Waals surface area contributed by atoms with Gasteiger partial charge in [-0.05, 0) is 6.92 Å². The van der Waals surface area contributed by atoms with Crippen LogP contribution >= 0.6 is 0 Å². The molecule has 8 heteroatoms. The van der Waals surface area contributed by atoms with Crippen LogP contribution in [0.1, 0.15) is 20.3 Å². The molecule has 0 aliphatic heterocycles. The van der Waals surface area contributed by atoms with Gasteiger partial charge in [0.05, 0.1) is 6.42 Å². The summed E-state index contributed by atoms with van der Waals surface area (Å²) >= 11 is 0. The molecule has 0 saturated heterocycles. The average molecular weight is 264 g/mol. The molecule has 0 aliphatic carbocycles. The summed E-state index contributed by atoms with van der Waals surface area (Å²) in [4.78, 5) is 32.7.